The number of hydrogen-bond acceptors (Lipinski definition) is 3. The van der Waals surface area contributed by atoms with E-state index in [1.807, 2.05) is 12.4 Å². The second kappa shape index (κ2) is 7.61. The monoisotopic (exact) mass is 264 g/mol. The van der Waals surface area contributed by atoms with Gasteiger partial charge < -0.3 is 10.1 Å². The Kier molecular flexibility index (Phi) is 6.46. The highest BCUT2D eigenvalue weighted by molar-refractivity contribution is 5.23. The second-order valence-corrected chi connectivity index (χ2v) is 4.99. The number of aromatic nitrogens is 1. The lowest BCUT2D eigenvalue weighted by Crippen LogP contribution is -2.45. The van der Waals surface area contributed by atoms with Crippen LogP contribution in [0.15, 0.2) is 18.5 Å². The molecule has 1 N–H and O–H groups in total. The van der Waals surface area contributed by atoms with Gasteiger partial charge in [0.2, 0.25) is 0 Å². The topological polar surface area (TPSA) is 34.2 Å². The van der Waals surface area contributed by atoms with Gasteiger partial charge in [-0.25, -0.2) is 0 Å². The summed E-state index contributed by atoms with van der Waals surface area (Å²) in [5, 5.41) is 3.59. The fourth-order valence-corrected chi connectivity index (χ4v) is 2.78. The zero-order valence-corrected chi connectivity index (χ0v) is 13.0. The minimum Gasteiger partial charge on any atom is -0.373 e. The van der Waals surface area contributed by atoms with Gasteiger partial charge in [0.25, 0.3) is 0 Å². The van der Waals surface area contributed by atoms with Gasteiger partial charge in [0.1, 0.15) is 0 Å². The summed E-state index contributed by atoms with van der Waals surface area (Å²) in [5.74, 6) is 0. The maximum atomic E-state index is 6.15. The Labute approximate surface area is 117 Å². The summed E-state index contributed by atoms with van der Waals surface area (Å²) in [5.41, 5.74) is 2.26. The largest absolute Gasteiger partial charge is 0.373 e. The van der Waals surface area contributed by atoms with Crippen molar-refractivity contribution >= 4 is 0 Å². The van der Waals surface area contributed by atoms with Crippen molar-refractivity contribution in [2.75, 3.05) is 13.2 Å². The van der Waals surface area contributed by atoms with Gasteiger partial charge in [-0.05, 0) is 44.4 Å². The van der Waals surface area contributed by atoms with Crippen molar-refractivity contribution in [3.05, 3.63) is 29.6 Å². The molecule has 0 aromatic carbocycles. The van der Waals surface area contributed by atoms with Crippen molar-refractivity contribution in [1.82, 2.24) is 10.3 Å². The Morgan fingerprint density at radius 2 is 1.89 bits per heavy atom. The highest BCUT2D eigenvalue weighted by atomic mass is 16.5. The predicted octanol–water partition coefficient (Wildman–Crippen LogP) is 3.64. The van der Waals surface area contributed by atoms with E-state index in [2.05, 4.69) is 51.0 Å². The first-order valence-corrected chi connectivity index (χ1v) is 7.42. The van der Waals surface area contributed by atoms with Crippen LogP contribution in [0.3, 0.4) is 0 Å². The van der Waals surface area contributed by atoms with Gasteiger partial charge in [-0.3, -0.25) is 4.98 Å². The van der Waals surface area contributed by atoms with Gasteiger partial charge in [0.15, 0.2) is 0 Å². The van der Waals surface area contributed by atoms with Crippen LogP contribution < -0.4 is 5.32 Å². The van der Waals surface area contributed by atoms with Crippen molar-refractivity contribution in [3.8, 4) is 0 Å². The maximum Gasteiger partial charge on any atom is 0.0871 e. The molecular formula is C16H28N2O. The van der Waals surface area contributed by atoms with E-state index in [9.17, 15) is 0 Å². The minimum atomic E-state index is -0.153. The van der Waals surface area contributed by atoms with Crippen molar-refractivity contribution in [2.24, 2.45) is 0 Å². The molecule has 0 spiro atoms. The average Bonchev–Trinajstić information content (AvgIpc) is 2.43. The normalized spacial score (nSPS) is 13.5. The van der Waals surface area contributed by atoms with Crippen LogP contribution in [-0.2, 0) is 4.74 Å². The second-order valence-electron chi connectivity index (χ2n) is 4.99. The van der Waals surface area contributed by atoms with Crippen LogP contribution in [-0.4, -0.2) is 23.7 Å². The molecule has 0 fully saturated rings. The number of rotatable bonds is 8. The molecule has 0 aliphatic rings. The molecule has 3 heteroatoms. The highest BCUT2D eigenvalue weighted by Gasteiger charge is 2.37. The molecule has 1 unspecified atom stereocenters. The molecule has 0 amide bonds. The Bertz CT molecular complexity index is 375. The van der Waals surface area contributed by atoms with Crippen LogP contribution >= 0.6 is 0 Å². The molecule has 0 aliphatic heterocycles. The van der Waals surface area contributed by atoms with Gasteiger partial charge >= 0.3 is 0 Å². The summed E-state index contributed by atoms with van der Waals surface area (Å²) in [7, 11) is 0. The van der Waals surface area contributed by atoms with Gasteiger partial charge in [-0.2, -0.15) is 0 Å². The Hall–Kier alpha value is -0.930. The number of pyridine rings is 1. The van der Waals surface area contributed by atoms with E-state index in [0.717, 1.165) is 26.0 Å². The summed E-state index contributed by atoms with van der Waals surface area (Å²) in [6, 6.07) is 2.40. The van der Waals surface area contributed by atoms with Crippen LogP contribution in [0.4, 0.5) is 0 Å². The Balaban J connectivity index is 3.16. The summed E-state index contributed by atoms with van der Waals surface area (Å²) in [4.78, 5) is 4.33. The molecule has 1 heterocycles. The van der Waals surface area contributed by atoms with Gasteiger partial charge in [-0.15, -0.1) is 0 Å². The van der Waals surface area contributed by atoms with E-state index >= 15 is 0 Å². The molecule has 1 rings (SSSR count). The first kappa shape index (κ1) is 16.1. The molecule has 3 nitrogen and oxygen atoms in total. The molecule has 0 bridgehead atoms. The smallest absolute Gasteiger partial charge is 0.0871 e. The zero-order chi connectivity index (χ0) is 14.3. The molecule has 1 aromatic heterocycles. The van der Waals surface area contributed by atoms with E-state index in [4.69, 9.17) is 4.74 Å². The molecule has 19 heavy (non-hydrogen) atoms. The third kappa shape index (κ3) is 3.77. The number of nitrogens with zero attached hydrogens (tertiary/aromatic N) is 1. The zero-order valence-electron chi connectivity index (χ0n) is 13.0. The van der Waals surface area contributed by atoms with E-state index in [1.165, 1.54) is 11.1 Å². The van der Waals surface area contributed by atoms with Gasteiger partial charge in [0.05, 0.1) is 11.6 Å². The molecule has 108 valence electrons. The third-order valence-corrected chi connectivity index (χ3v) is 3.79. The van der Waals surface area contributed by atoms with Gasteiger partial charge in [-0.1, -0.05) is 26.8 Å². The molecule has 0 radical (unpaired) electrons. The summed E-state index contributed by atoms with van der Waals surface area (Å²) in [6.45, 7) is 12.4. The van der Waals surface area contributed by atoms with Crippen LogP contribution in [0.25, 0.3) is 0 Å². The number of hydrogen-bond donors (Lipinski definition) is 1. The Morgan fingerprint density at radius 3 is 2.37 bits per heavy atom. The van der Waals surface area contributed by atoms with E-state index in [-0.39, 0.29) is 11.6 Å². The number of nitrogens with one attached hydrogen (secondary N) is 1. The number of aryl methyl sites for hydroxylation is 1. The number of likely N-dealkylation sites (N-methyl/N-ethyl adjacent to an activating group) is 1. The van der Waals surface area contributed by atoms with Crippen molar-refractivity contribution < 1.29 is 4.74 Å². The fourth-order valence-electron chi connectivity index (χ4n) is 2.78. The van der Waals surface area contributed by atoms with E-state index in [0.29, 0.717) is 0 Å². The van der Waals surface area contributed by atoms with Crippen LogP contribution in [0.1, 0.15) is 57.7 Å². The van der Waals surface area contributed by atoms with Crippen molar-refractivity contribution in [2.45, 2.75) is 59.1 Å². The van der Waals surface area contributed by atoms with Crippen molar-refractivity contribution in [3.63, 3.8) is 0 Å². The first-order valence-electron chi connectivity index (χ1n) is 7.42. The minimum absolute atomic E-state index is 0.153. The van der Waals surface area contributed by atoms with E-state index in [1.54, 1.807) is 0 Å². The van der Waals surface area contributed by atoms with Crippen molar-refractivity contribution in [1.29, 1.82) is 0 Å². The molecule has 1 atom stereocenters. The summed E-state index contributed by atoms with van der Waals surface area (Å²) >= 11 is 0. The quantitative estimate of drug-likeness (QED) is 0.778. The standard InChI is InChI=1S/C16H28N2O/c1-6-16(7-2,19-9-4)15(18-8-3)14-10-13(5)11-17-12-14/h10-12,15,18H,6-9H2,1-5H3. The molecular weight excluding hydrogens is 236 g/mol. The molecule has 0 aliphatic carbocycles. The summed E-state index contributed by atoms with van der Waals surface area (Å²) in [6.07, 6.45) is 5.83. The van der Waals surface area contributed by atoms with Gasteiger partial charge in [0, 0.05) is 19.0 Å². The molecule has 0 saturated heterocycles. The highest BCUT2D eigenvalue weighted by Crippen LogP contribution is 2.35. The van der Waals surface area contributed by atoms with Crippen LogP contribution in [0, 0.1) is 6.92 Å². The average molecular weight is 264 g/mol. The summed E-state index contributed by atoms with van der Waals surface area (Å²) < 4.78 is 6.15. The van der Waals surface area contributed by atoms with Crippen LogP contribution in [0.2, 0.25) is 0 Å². The predicted molar refractivity (Wildman–Crippen MR) is 80.3 cm³/mol. The molecule has 1 aromatic rings. The van der Waals surface area contributed by atoms with Crippen LogP contribution in [0.5, 0.6) is 0 Å². The lowest BCUT2D eigenvalue weighted by Gasteiger charge is -2.40. The SMILES string of the molecule is CCNC(c1cncc(C)c1)C(CC)(CC)OCC. The lowest BCUT2D eigenvalue weighted by atomic mass is 9.84. The first-order chi connectivity index (χ1) is 9.13. The Morgan fingerprint density at radius 1 is 1.21 bits per heavy atom. The number of ether oxygens (including phenoxy) is 1. The van der Waals surface area contributed by atoms with E-state index < -0.39 is 0 Å². The lowest BCUT2D eigenvalue weighted by molar-refractivity contribution is -0.0730. The third-order valence-electron chi connectivity index (χ3n) is 3.79. The molecule has 0 saturated carbocycles. The fraction of sp³-hybridized carbons (Fsp3) is 0.688. The maximum absolute atomic E-state index is 6.15.